The van der Waals surface area contributed by atoms with Crippen molar-refractivity contribution in [3.05, 3.63) is 23.3 Å². The summed E-state index contributed by atoms with van der Waals surface area (Å²) in [6.45, 7) is 9.46. The lowest BCUT2D eigenvalue weighted by Crippen LogP contribution is -2.32. The minimum Gasteiger partial charge on any atom is -0.458 e. The minimum absolute atomic E-state index is 0.0965. The highest BCUT2D eigenvalue weighted by Crippen LogP contribution is 2.33. The number of carbonyl (C=O) groups is 2. The molecule has 1 aliphatic carbocycles. The van der Waals surface area contributed by atoms with Crippen molar-refractivity contribution < 1.29 is 14.3 Å². The minimum atomic E-state index is -0.345. The molecule has 0 fully saturated rings. The van der Waals surface area contributed by atoms with Gasteiger partial charge in [0.05, 0.1) is 0 Å². The van der Waals surface area contributed by atoms with E-state index in [1.807, 2.05) is 12.2 Å². The van der Waals surface area contributed by atoms with E-state index < -0.39 is 0 Å². The summed E-state index contributed by atoms with van der Waals surface area (Å²) in [4.78, 5) is 23.4. The number of Topliss-reactive ketones (excluding diaryl/α,β-unsaturated/α-hetero) is 1. The van der Waals surface area contributed by atoms with Gasteiger partial charge in [-0.15, -0.1) is 0 Å². The van der Waals surface area contributed by atoms with E-state index in [-0.39, 0.29) is 23.3 Å². The molecule has 0 saturated heterocycles. The van der Waals surface area contributed by atoms with Crippen LogP contribution in [0.4, 0.5) is 0 Å². The van der Waals surface area contributed by atoms with Crippen molar-refractivity contribution in [3.8, 4) is 0 Å². The lowest BCUT2D eigenvalue weighted by Gasteiger charge is -2.32. The highest BCUT2D eigenvalue weighted by atomic mass is 16.5. The van der Waals surface area contributed by atoms with Crippen LogP contribution in [0.5, 0.6) is 0 Å². The topological polar surface area (TPSA) is 43.4 Å². The molecule has 1 rings (SSSR count). The van der Waals surface area contributed by atoms with Crippen LogP contribution in [0.1, 0.15) is 60.3 Å². The zero-order valence-corrected chi connectivity index (χ0v) is 13.3. The molecule has 20 heavy (non-hydrogen) atoms. The molecule has 112 valence electrons. The Morgan fingerprint density at radius 3 is 2.60 bits per heavy atom. The monoisotopic (exact) mass is 278 g/mol. The molecule has 1 unspecified atom stereocenters. The predicted molar refractivity (Wildman–Crippen MR) is 80.3 cm³/mol. The first-order valence-corrected chi connectivity index (χ1v) is 7.27. The van der Waals surface area contributed by atoms with E-state index in [1.165, 1.54) is 12.5 Å². The zero-order chi connectivity index (χ0) is 15.3. The molecule has 3 nitrogen and oxygen atoms in total. The largest absolute Gasteiger partial charge is 0.458 e. The number of hydrogen-bond donors (Lipinski definition) is 0. The van der Waals surface area contributed by atoms with Crippen molar-refractivity contribution in [3.63, 3.8) is 0 Å². The van der Waals surface area contributed by atoms with Gasteiger partial charge in [-0.1, -0.05) is 25.5 Å². The van der Waals surface area contributed by atoms with E-state index in [0.717, 1.165) is 19.3 Å². The Morgan fingerprint density at radius 1 is 1.35 bits per heavy atom. The second kappa shape index (κ2) is 6.87. The highest BCUT2D eigenvalue weighted by molar-refractivity contribution is 5.95. The molecule has 0 saturated carbocycles. The summed E-state index contributed by atoms with van der Waals surface area (Å²) in [5, 5.41) is 0. The Labute approximate surface area is 122 Å². The van der Waals surface area contributed by atoms with Crippen molar-refractivity contribution in [2.45, 2.75) is 66.4 Å². The molecule has 0 aromatic heterocycles. The number of ketones is 1. The van der Waals surface area contributed by atoms with Gasteiger partial charge in [-0.2, -0.15) is 0 Å². The molecule has 0 heterocycles. The predicted octanol–water partition coefficient (Wildman–Crippen LogP) is 3.98. The summed E-state index contributed by atoms with van der Waals surface area (Å²) in [6, 6.07) is 0. The first-order valence-electron chi connectivity index (χ1n) is 7.27. The Morgan fingerprint density at radius 2 is 2.00 bits per heavy atom. The van der Waals surface area contributed by atoms with Gasteiger partial charge >= 0.3 is 5.97 Å². The summed E-state index contributed by atoms with van der Waals surface area (Å²) >= 11 is 0. The van der Waals surface area contributed by atoms with E-state index in [0.29, 0.717) is 12.0 Å². The van der Waals surface area contributed by atoms with Crippen LogP contribution in [-0.4, -0.2) is 17.9 Å². The fraction of sp³-hybridized carbons (Fsp3) is 0.647. The average molecular weight is 278 g/mol. The molecular formula is C17H26O3. The molecule has 0 bridgehead atoms. The van der Waals surface area contributed by atoms with E-state index >= 15 is 0 Å². The van der Waals surface area contributed by atoms with Crippen molar-refractivity contribution in [1.82, 2.24) is 0 Å². The van der Waals surface area contributed by atoms with E-state index in [9.17, 15) is 9.59 Å². The molecule has 1 aliphatic rings. The first kappa shape index (κ1) is 16.7. The van der Waals surface area contributed by atoms with Gasteiger partial charge in [0, 0.05) is 18.8 Å². The Bertz CT molecular complexity index is 441. The molecule has 3 heteroatoms. The normalized spacial score (nSPS) is 29.4. The Hall–Kier alpha value is -1.38. The van der Waals surface area contributed by atoms with Gasteiger partial charge in [0.2, 0.25) is 0 Å². The fourth-order valence-corrected chi connectivity index (χ4v) is 2.41. The van der Waals surface area contributed by atoms with Crippen LogP contribution in [-0.2, 0) is 14.3 Å². The maximum absolute atomic E-state index is 12.1. The molecule has 0 aromatic rings. The summed E-state index contributed by atoms with van der Waals surface area (Å²) in [6.07, 6.45) is 6.89. The summed E-state index contributed by atoms with van der Waals surface area (Å²) < 4.78 is 5.44. The van der Waals surface area contributed by atoms with Crippen LogP contribution in [0.2, 0.25) is 0 Å². The first-order chi connectivity index (χ1) is 9.22. The number of esters is 1. The van der Waals surface area contributed by atoms with E-state index in [2.05, 4.69) is 20.8 Å². The number of hydrogen-bond acceptors (Lipinski definition) is 3. The quantitative estimate of drug-likeness (QED) is 0.538. The zero-order valence-electron chi connectivity index (χ0n) is 13.3. The van der Waals surface area contributed by atoms with Crippen LogP contribution >= 0.6 is 0 Å². The van der Waals surface area contributed by atoms with Gasteiger partial charge in [-0.25, -0.2) is 0 Å². The maximum Gasteiger partial charge on any atom is 0.303 e. The number of ether oxygens (including phenoxy) is 1. The smallest absolute Gasteiger partial charge is 0.303 e. The lowest BCUT2D eigenvalue weighted by atomic mass is 9.80. The second-order valence-corrected chi connectivity index (χ2v) is 6.40. The molecule has 0 aliphatic heterocycles. The van der Waals surface area contributed by atoms with Crippen LogP contribution in [0, 0.1) is 5.41 Å². The third-order valence-corrected chi connectivity index (χ3v) is 3.93. The third-order valence-electron chi connectivity index (χ3n) is 3.93. The standard InChI is InChI=1S/C17H26O3/c1-12-7-6-10-17(4,5)16(20-14(3)18)11-13(2)15(19)9-8-12/h8,11,16H,6-7,9-10H2,1-5H3/b12-8+,13-11+. The van der Waals surface area contributed by atoms with E-state index in [4.69, 9.17) is 4.74 Å². The average Bonchev–Trinajstić information content (AvgIpc) is 2.34. The van der Waals surface area contributed by atoms with Gasteiger partial charge in [-0.05, 0) is 44.8 Å². The number of allylic oxidation sites excluding steroid dienone is 3. The molecule has 0 radical (unpaired) electrons. The molecule has 0 amide bonds. The van der Waals surface area contributed by atoms with Crippen LogP contribution in [0.3, 0.4) is 0 Å². The summed E-state index contributed by atoms with van der Waals surface area (Å²) in [5.74, 6) is -0.206. The highest BCUT2D eigenvalue weighted by Gasteiger charge is 2.31. The SMILES string of the molecule is CC(=O)OC1/C=C(\C)C(=O)C/C=C(\C)CCCC1(C)C. The molecule has 1 atom stereocenters. The van der Waals surface area contributed by atoms with Crippen molar-refractivity contribution in [2.24, 2.45) is 5.41 Å². The van der Waals surface area contributed by atoms with Crippen molar-refractivity contribution in [2.75, 3.05) is 0 Å². The molecule has 0 N–H and O–H groups in total. The van der Waals surface area contributed by atoms with Gasteiger partial charge in [0.25, 0.3) is 0 Å². The van der Waals surface area contributed by atoms with Crippen LogP contribution < -0.4 is 0 Å². The van der Waals surface area contributed by atoms with Crippen LogP contribution in [0.25, 0.3) is 0 Å². The molecular weight excluding hydrogens is 252 g/mol. The van der Waals surface area contributed by atoms with Crippen molar-refractivity contribution in [1.29, 1.82) is 0 Å². The van der Waals surface area contributed by atoms with Gasteiger partial charge in [-0.3, -0.25) is 9.59 Å². The summed E-state index contributed by atoms with van der Waals surface area (Å²) in [7, 11) is 0. The van der Waals surface area contributed by atoms with Gasteiger partial charge in [0.15, 0.2) is 5.78 Å². The molecule has 0 aromatic carbocycles. The lowest BCUT2D eigenvalue weighted by molar-refractivity contribution is -0.149. The third kappa shape index (κ3) is 4.95. The Kier molecular flexibility index (Phi) is 5.73. The maximum atomic E-state index is 12.1. The Balaban J connectivity index is 3.08. The number of carbonyl (C=O) groups excluding carboxylic acids is 2. The van der Waals surface area contributed by atoms with E-state index in [1.54, 1.807) is 6.92 Å². The van der Waals surface area contributed by atoms with Gasteiger partial charge < -0.3 is 4.74 Å². The molecule has 0 spiro atoms. The second-order valence-electron chi connectivity index (χ2n) is 6.40. The van der Waals surface area contributed by atoms with Gasteiger partial charge in [0.1, 0.15) is 6.10 Å². The fourth-order valence-electron chi connectivity index (χ4n) is 2.41. The van der Waals surface area contributed by atoms with Crippen molar-refractivity contribution >= 4 is 11.8 Å². The number of rotatable bonds is 1. The summed E-state index contributed by atoms with van der Waals surface area (Å²) in [5.41, 5.74) is 1.76. The van der Waals surface area contributed by atoms with Crippen LogP contribution in [0.15, 0.2) is 23.3 Å².